The van der Waals surface area contributed by atoms with E-state index in [9.17, 15) is 17.6 Å². The number of rotatable bonds is 7. The molecule has 0 saturated carbocycles. The summed E-state index contributed by atoms with van der Waals surface area (Å²) in [5, 5.41) is -2.14. The predicted octanol–water partition coefficient (Wildman–Crippen LogP) is 4.66. The summed E-state index contributed by atoms with van der Waals surface area (Å²) in [6.07, 6.45) is -3.84. The third-order valence-electron chi connectivity index (χ3n) is 2.49. The standard InChI is InChI=1S/C13H15ClF4O2/c1-3-19-9-6-5-8(7-10(9)20-4-2)11(14)13(17,18)12(15)16/h5-7,11-12H,3-4H2,1-2H3. The van der Waals surface area contributed by atoms with Gasteiger partial charge in [0.05, 0.1) is 13.2 Å². The van der Waals surface area contributed by atoms with Crippen LogP contribution in [0.25, 0.3) is 0 Å². The van der Waals surface area contributed by atoms with Gasteiger partial charge in [-0.05, 0) is 31.5 Å². The second-order valence-electron chi connectivity index (χ2n) is 3.91. The van der Waals surface area contributed by atoms with Gasteiger partial charge in [-0.3, -0.25) is 0 Å². The van der Waals surface area contributed by atoms with Gasteiger partial charge in [-0.15, -0.1) is 11.6 Å². The topological polar surface area (TPSA) is 18.5 Å². The minimum Gasteiger partial charge on any atom is -0.490 e. The van der Waals surface area contributed by atoms with Crippen molar-refractivity contribution in [2.75, 3.05) is 13.2 Å². The Labute approximate surface area is 119 Å². The molecule has 1 aromatic rings. The molecule has 0 aliphatic heterocycles. The van der Waals surface area contributed by atoms with Crippen LogP contribution in [0.5, 0.6) is 11.5 Å². The molecule has 0 heterocycles. The second kappa shape index (κ2) is 7.02. The fourth-order valence-electron chi connectivity index (χ4n) is 1.56. The lowest BCUT2D eigenvalue weighted by Crippen LogP contribution is -2.31. The highest BCUT2D eigenvalue weighted by Gasteiger charge is 2.48. The van der Waals surface area contributed by atoms with Crippen LogP contribution in [-0.2, 0) is 0 Å². The summed E-state index contributed by atoms with van der Waals surface area (Å²) in [4.78, 5) is 0. The van der Waals surface area contributed by atoms with E-state index in [1.54, 1.807) is 13.8 Å². The van der Waals surface area contributed by atoms with Crippen LogP contribution >= 0.6 is 11.6 Å². The Kier molecular flexibility index (Phi) is 5.92. The summed E-state index contributed by atoms with van der Waals surface area (Å²) >= 11 is 5.47. The van der Waals surface area contributed by atoms with Gasteiger partial charge in [-0.25, -0.2) is 8.78 Å². The number of hydrogen-bond donors (Lipinski definition) is 0. The Balaban J connectivity index is 3.10. The third kappa shape index (κ3) is 3.69. The van der Waals surface area contributed by atoms with Crippen LogP contribution in [0.2, 0.25) is 0 Å². The van der Waals surface area contributed by atoms with Gasteiger partial charge in [-0.2, -0.15) is 8.78 Å². The fraction of sp³-hybridized carbons (Fsp3) is 0.538. The van der Waals surface area contributed by atoms with E-state index in [0.717, 1.165) is 0 Å². The molecule has 0 aromatic heterocycles. The second-order valence-corrected chi connectivity index (χ2v) is 4.35. The van der Waals surface area contributed by atoms with Crippen molar-refractivity contribution >= 4 is 11.6 Å². The Bertz CT molecular complexity index is 440. The Morgan fingerprint density at radius 1 is 1.10 bits per heavy atom. The highest BCUT2D eigenvalue weighted by atomic mass is 35.5. The van der Waals surface area contributed by atoms with Crippen molar-refractivity contribution in [1.82, 2.24) is 0 Å². The summed E-state index contributed by atoms with van der Waals surface area (Å²) in [6, 6.07) is 3.80. The first-order chi connectivity index (χ1) is 9.34. The lowest BCUT2D eigenvalue weighted by Gasteiger charge is -2.22. The summed E-state index contributed by atoms with van der Waals surface area (Å²) in [7, 11) is 0. The van der Waals surface area contributed by atoms with Gasteiger partial charge >= 0.3 is 12.3 Å². The molecule has 0 spiro atoms. The number of alkyl halides is 5. The zero-order valence-electron chi connectivity index (χ0n) is 11.0. The van der Waals surface area contributed by atoms with Crippen LogP contribution in [0.4, 0.5) is 17.6 Å². The minimum atomic E-state index is -4.32. The Morgan fingerprint density at radius 2 is 1.65 bits per heavy atom. The first kappa shape index (κ1) is 16.9. The average molecular weight is 315 g/mol. The molecule has 0 amide bonds. The average Bonchev–Trinajstić information content (AvgIpc) is 2.40. The van der Waals surface area contributed by atoms with E-state index in [2.05, 4.69) is 0 Å². The summed E-state index contributed by atoms with van der Waals surface area (Å²) in [5.74, 6) is -3.78. The van der Waals surface area contributed by atoms with Gasteiger partial charge in [-0.1, -0.05) is 6.07 Å². The molecule has 20 heavy (non-hydrogen) atoms. The maximum absolute atomic E-state index is 13.2. The monoisotopic (exact) mass is 314 g/mol. The Morgan fingerprint density at radius 3 is 2.15 bits per heavy atom. The lowest BCUT2D eigenvalue weighted by atomic mass is 10.1. The molecular formula is C13H15ClF4O2. The van der Waals surface area contributed by atoms with Crippen LogP contribution in [0, 0.1) is 0 Å². The predicted molar refractivity (Wildman–Crippen MR) is 68.3 cm³/mol. The SMILES string of the molecule is CCOc1ccc(C(Cl)C(F)(F)C(F)F)cc1OCC. The first-order valence-corrected chi connectivity index (χ1v) is 6.47. The molecule has 7 heteroatoms. The van der Waals surface area contributed by atoms with Crippen molar-refractivity contribution in [3.8, 4) is 11.5 Å². The van der Waals surface area contributed by atoms with E-state index >= 15 is 0 Å². The molecule has 0 aliphatic carbocycles. The van der Waals surface area contributed by atoms with E-state index in [0.29, 0.717) is 12.4 Å². The van der Waals surface area contributed by atoms with Gasteiger partial charge in [0.2, 0.25) is 0 Å². The largest absolute Gasteiger partial charge is 0.490 e. The number of ether oxygens (including phenoxy) is 2. The van der Waals surface area contributed by atoms with E-state index in [4.69, 9.17) is 21.1 Å². The first-order valence-electron chi connectivity index (χ1n) is 6.04. The van der Waals surface area contributed by atoms with Crippen molar-refractivity contribution in [3.05, 3.63) is 23.8 Å². The van der Waals surface area contributed by atoms with Gasteiger partial charge in [0, 0.05) is 0 Å². The van der Waals surface area contributed by atoms with Gasteiger partial charge < -0.3 is 9.47 Å². The molecule has 0 aliphatic rings. The number of hydrogen-bond acceptors (Lipinski definition) is 2. The fourth-order valence-corrected chi connectivity index (χ4v) is 1.79. The molecule has 0 radical (unpaired) electrons. The molecule has 0 saturated heterocycles. The molecule has 0 fully saturated rings. The van der Waals surface area contributed by atoms with Crippen molar-refractivity contribution in [2.45, 2.75) is 31.6 Å². The van der Waals surface area contributed by atoms with Crippen LogP contribution < -0.4 is 9.47 Å². The highest BCUT2D eigenvalue weighted by molar-refractivity contribution is 6.21. The summed E-state index contributed by atoms with van der Waals surface area (Å²) in [6.45, 7) is 4.09. The van der Waals surface area contributed by atoms with Gasteiger partial charge in [0.15, 0.2) is 11.5 Å². The van der Waals surface area contributed by atoms with Crippen molar-refractivity contribution in [1.29, 1.82) is 0 Å². The summed E-state index contributed by atoms with van der Waals surface area (Å²) < 4.78 is 61.6. The van der Waals surface area contributed by atoms with Crippen LogP contribution in [-0.4, -0.2) is 25.6 Å². The van der Waals surface area contributed by atoms with Crippen molar-refractivity contribution in [3.63, 3.8) is 0 Å². The third-order valence-corrected chi connectivity index (χ3v) is 3.03. The number of halogens is 5. The van der Waals surface area contributed by atoms with E-state index in [-0.39, 0.29) is 17.9 Å². The normalized spacial score (nSPS) is 13.4. The molecule has 1 atom stereocenters. The minimum absolute atomic E-state index is 0.149. The molecule has 0 bridgehead atoms. The van der Waals surface area contributed by atoms with Crippen LogP contribution in [0.15, 0.2) is 18.2 Å². The van der Waals surface area contributed by atoms with Crippen LogP contribution in [0.1, 0.15) is 24.8 Å². The smallest absolute Gasteiger partial charge is 0.327 e. The van der Waals surface area contributed by atoms with Crippen molar-refractivity contribution < 1.29 is 27.0 Å². The summed E-state index contributed by atoms with van der Waals surface area (Å²) in [5.41, 5.74) is -0.149. The molecule has 1 unspecified atom stereocenters. The van der Waals surface area contributed by atoms with Crippen LogP contribution in [0.3, 0.4) is 0 Å². The maximum atomic E-state index is 13.2. The molecule has 1 rings (SSSR count). The molecule has 114 valence electrons. The van der Waals surface area contributed by atoms with Crippen molar-refractivity contribution in [2.24, 2.45) is 0 Å². The molecular weight excluding hydrogens is 300 g/mol. The molecule has 1 aromatic carbocycles. The van der Waals surface area contributed by atoms with E-state index < -0.39 is 17.7 Å². The Hall–Kier alpha value is -1.17. The van der Waals surface area contributed by atoms with E-state index in [1.165, 1.54) is 18.2 Å². The number of benzene rings is 1. The molecule has 0 N–H and O–H groups in total. The molecule has 2 nitrogen and oxygen atoms in total. The van der Waals surface area contributed by atoms with Gasteiger partial charge in [0.1, 0.15) is 5.38 Å². The van der Waals surface area contributed by atoms with Gasteiger partial charge in [0.25, 0.3) is 0 Å². The maximum Gasteiger partial charge on any atom is 0.327 e. The highest BCUT2D eigenvalue weighted by Crippen LogP contribution is 2.43. The quantitative estimate of drug-likeness (QED) is 0.538. The van der Waals surface area contributed by atoms with E-state index in [1.807, 2.05) is 0 Å². The lowest BCUT2D eigenvalue weighted by molar-refractivity contribution is -0.130. The zero-order chi connectivity index (χ0) is 15.3. The zero-order valence-corrected chi connectivity index (χ0v) is 11.8.